The van der Waals surface area contributed by atoms with Crippen LogP contribution in [0.5, 0.6) is 0 Å². The predicted molar refractivity (Wildman–Crippen MR) is 118 cm³/mol. The number of nitrogens with zero attached hydrogens (tertiary/aromatic N) is 1. The van der Waals surface area contributed by atoms with Crippen LogP contribution in [0, 0.1) is 0 Å². The van der Waals surface area contributed by atoms with Crippen LogP contribution in [0.3, 0.4) is 0 Å². The van der Waals surface area contributed by atoms with Gasteiger partial charge in [0.05, 0.1) is 10.2 Å². The predicted octanol–water partition coefficient (Wildman–Crippen LogP) is 7.29. The molecule has 0 fully saturated rings. The Hall–Kier alpha value is -3.23. The number of benzene rings is 4. The van der Waals surface area contributed by atoms with E-state index in [1.165, 1.54) is 32.2 Å². The molecule has 1 nitrogen and oxygen atoms in total. The maximum absolute atomic E-state index is 4.93. The van der Waals surface area contributed by atoms with Gasteiger partial charge < -0.3 is 0 Å². The van der Waals surface area contributed by atoms with Crippen LogP contribution >= 0.6 is 11.3 Å². The molecule has 0 spiro atoms. The number of aromatic nitrogens is 1. The van der Waals surface area contributed by atoms with Gasteiger partial charge >= 0.3 is 0 Å². The second-order valence-corrected chi connectivity index (χ2v) is 7.51. The molecular weight excluding hydrogens is 346 g/mol. The third-order valence-electron chi connectivity index (χ3n) is 4.72. The number of thiazole rings is 1. The van der Waals surface area contributed by atoms with Crippen LogP contribution in [0.1, 0.15) is 11.1 Å². The summed E-state index contributed by atoms with van der Waals surface area (Å²) in [5.74, 6) is 0. The summed E-state index contributed by atoms with van der Waals surface area (Å²) in [4.78, 5) is 4.93. The molecule has 0 aliphatic rings. The summed E-state index contributed by atoms with van der Waals surface area (Å²) in [6.07, 6.45) is 4.37. The summed E-state index contributed by atoms with van der Waals surface area (Å²) >= 11 is 1.76. The monoisotopic (exact) mass is 363 g/mol. The molecule has 128 valence electrons. The minimum atomic E-state index is 1.06. The van der Waals surface area contributed by atoms with Crippen LogP contribution in [0.4, 0.5) is 0 Å². The van der Waals surface area contributed by atoms with Crippen molar-refractivity contribution in [3.8, 4) is 10.6 Å². The average Bonchev–Trinajstić information content (AvgIpc) is 3.16. The van der Waals surface area contributed by atoms with Crippen molar-refractivity contribution in [2.24, 2.45) is 0 Å². The number of rotatable bonds is 3. The molecule has 1 aromatic heterocycles. The van der Waals surface area contributed by atoms with E-state index in [4.69, 9.17) is 4.98 Å². The molecule has 0 bridgehead atoms. The average molecular weight is 363 g/mol. The zero-order valence-corrected chi connectivity index (χ0v) is 15.5. The van der Waals surface area contributed by atoms with Crippen molar-refractivity contribution in [2.45, 2.75) is 0 Å². The molecule has 0 atom stereocenters. The normalized spacial score (nSPS) is 11.6. The van der Waals surface area contributed by atoms with Crippen LogP contribution in [-0.2, 0) is 0 Å². The largest absolute Gasteiger partial charge is 0.236 e. The molecule has 27 heavy (non-hydrogen) atoms. The van der Waals surface area contributed by atoms with E-state index >= 15 is 0 Å². The lowest BCUT2D eigenvalue weighted by atomic mass is 9.98. The molecule has 1 heterocycles. The lowest BCUT2D eigenvalue weighted by Crippen LogP contribution is -1.86. The summed E-state index contributed by atoms with van der Waals surface area (Å²) in [5.41, 5.74) is 4.66. The number of para-hydroxylation sites is 1. The maximum Gasteiger partial charge on any atom is 0.125 e. The highest BCUT2D eigenvalue weighted by Crippen LogP contribution is 2.37. The van der Waals surface area contributed by atoms with E-state index in [1.807, 2.05) is 12.1 Å². The van der Waals surface area contributed by atoms with Crippen LogP contribution in [0.15, 0.2) is 91.0 Å². The Morgan fingerprint density at radius 3 is 2.33 bits per heavy atom. The first-order chi connectivity index (χ1) is 13.4. The standard InChI is InChI=1S/C25H17NS/c1-2-8-18(9-3-1)14-15-20-17-16-19-10-4-5-11-21(19)24(20)25-26-22-12-6-7-13-23(22)27-25/h1-17H. The molecule has 0 saturated heterocycles. The SMILES string of the molecule is C(=Cc1ccc2ccccc2c1-c1nc2ccccc2s1)c1ccccc1. The quantitative estimate of drug-likeness (QED) is 0.307. The molecule has 0 aliphatic carbocycles. The molecule has 5 aromatic rings. The maximum atomic E-state index is 4.93. The van der Waals surface area contributed by atoms with E-state index in [9.17, 15) is 0 Å². The van der Waals surface area contributed by atoms with Crippen molar-refractivity contribution in [1.82, 2.24) is 4.98 Å². The highest BCUT2D eigenvalue weighted by molar-refractivity contribution is 7.21. The Labute approximate surface area is 162 Å². The Bertz CT molecular complexity index is 1230. The molecular formula is C25H17NS. The summed E-state index contributed by atoms with van der Waals surface area (Å²) in [6.45, 7) is 0. The van der Waals surface area contributed by atoms with Crippen LogP contribution in [0.25, 0.3) is 43.7 Å². The van der Waals surface area contributed by atoms with Gasteiger partial charge in [0.25, 0.3) is 0 Å². The first-order valence-electron chi connectivity index (χ1n) is 8.99. The van der Waals surface area contributed by atoms with Gasteiger partial charge in [-0.05, 0) is 34.0 Å². The van der Waals surface area contributed by atoms with Gasteiger partial charge in [-0.2, -0.15) is 0 Å². The van der Waals surface area contributed by atoms with Crippen molar-refractivity contribution in [1.29, 1.82) is 0 Å². The minimum Gasteiger partial charge on any atom is -0.236 e. The molecule has 2 heteroatoms. The zero-order chi connectivity index (χ0) is 18.1. The molecule has 0 saturated carbocycles. The first kappa shape index (κ1) is 16.0. The second-order valence-electron chi connectivity index (χ2n) is 6.48. The van der Waals surface area contributed by atoms with Crippen molar-refractivity contribution in [3.05, 3.63) is 102 Å². The minimum absolute atomic E-state index is 1.06. The molecule has 5 rings (SSSR count). The van der Waals surface area contributed by atoms with Crippen LogP contribution in [0.2, 0.25) is 0 Å². The van der Waals surface area contributed by atoms with Gasteiger partial charge in [0.1, 0.15) is 5.01 Å². The lowest BCUT2D eigenvalue weighted by Gasteiger charge is -2.08. The number of hydrogen-bond acceptors (Lipinski definition) is 2. The van der Waals surface area contributed by atoms with E-state index in [2.05, 4.69) is 91.0 Å². The molecule has 4 aromatic carbocycles. The highest BCUT2D eigenvalue weighted by atomic mass is 32.1. The smallest absolute Gasteiger partial charge is 0.125 e. The van der Waals surface area contributed by atoms with Crippen molar-refractivity contribution in [2.75, 3.05) is 0 Å². The first-order valence-corrected chi connectivity index (χ1v) is 9.81. The number of hydrogen-bond donors (Lipinski definition) is 0. The summed E-state index contributed by atoms with van der Waals surface area (Å²) in [6, 6.07) is 31.7. The van der Waals surface area contributed by atoms with E-state index in [0.717, 1.165) is 10.5 Å². The third-order valence-corrected chi connectivity index (χ3v) is 5.78. The van der Waals surface area contributed by atoms with Gasteiger partial charge in [0.2, 0.25) is 0 Å². The lowest BCUT2D eigenvalue weighted by molar-refractivity contribution is 1.48. The second kappa shape index (κ2) is 6.82. The summed E-state index contributed by atoms with van der Waals surface area (Å²) in [5, 5.41) is 3.55. The molecule has 0 unspecified atom stereocenters. The number of fused-ring (bicyclic) bond motifs is 2. The van der Waals surface area contributed by atoms with Crippen LogP contribution in [-0.4, -0.2) is 4.98 Å². The van der Waals surface area contributed by atoms with Gasteiger partial charge in [0, 0.05) is 5.56 Å². The molecule has 0 amide bonds. The Balaban J connectivity index is 1.73. The van der Waals surface area contributed by atoms with E-state index in [-0.39, 0.29) is 0 Å². The third kappa shape index (κ3) is 3.05. The summed E-state index contributed by atoms with van der Waals surface area (Å²) in [7, 11) is 0. The van der Waals surface area contributed by atoms with Gasteiger partial charge in [-0.15, -0.1) is 11.3 Å². The van der Waals surface area contributed by atoms with Gasteiger partial charge in [-0.1, -0.05) is 91.0 Å². The topological polar surface area (TPSA) is 12.9 Å². The molecule has 0 radical (unpaired) electrons. The molecule has 0 N–H and O–H groups in total. The van der Waals surface area contributed by atoms with Crippen molar-refractivity contribution >= 4 is 44.5 Å². The fourth-order valence-electron chi connectivity index (χ4n) is 3.40. The van der Waals surface area contributed by atoms with E-state index in [1.54, 1.807) is 11.3 Å². The highest BCUT2D eigenvalue weighted by Gasteiger charge is 2.13. The van der Waals surface area contributed by atoms with Gasteiger partial charge in [0.15, 0.2) is 0 Å². The Kier molecular flexibility index (Phi) is 4.04. The van der Waals surface area contributed by atoms with Gasteiger partial charge in [-0.3, -0.25) is 0 Å². The molecule has 0 aliphatic heterocycles. The fourth-order valence-corrected chi connectivity index (χ4v) is 4.44. The fraction of sp³-hybridized carbons (Fsp3) is 0. The van der Waals surface area contributed by atoms with Crippen molar-refractivity contribution < 1.29 is 0 Å². The van der Waals surface area contributed by atoms with Crippen LogP contribution < -0.4 is 0 Å². The van der Waals surface area contributed by atoms with Crippen molar-refractivity contribution in [3.63, 3.8) is 0 Å². The zero-order valence-electron chi connectivity index (χ0n) is 14.7. The van der Waals surface area contributed by atoms with Gasteiger partial charge in [-0.25, -0.2) is 4.98 Å². The Morgan fingerprint density at radius 2 is 1.44 bits per heavy atom. The van der Waals surface area contributed by atoms with E-state index < -0.39 is 0 Å². The van der Waals surface area contributed by atoms with E-state index in [0.29, 0.717) is 0 Å². The Morgan fingerprint density at radius 1 is 0.667 bits per heavy atom. The summed E-state index contributed by atoms with van der Waals surface area (Å²) < 4.78 is 1.22.